The van der Waals surface area contributed by atoms with Gasteiger partial charge in [0.1, 0.15) is 5.75 Å². The lowest BCUT2D eigenvalue weighted by Crippen LogP contribution is -2.46. The van der Waals surface area contributed by atoms with Crippen molar-refractivity contribution in [1.29, 1.82) is 0 Å². The minimum Gasteiger partial charge on any atom is -0.491 e. The molecule has 3 nitrogen and oxygen atoms in total. The maximum atomic E-state index is 5.69. The van der Waals surface area contributed by atoms with E-state index in [1.54, 1.807) is 0 Å². The number of hydrogen-bond donors (Lipinski definition) is 0. The van der Waals surface area contributed by atoms with Crippen molar-refractivity contribution in [2.24, 2.45) is 5.92 Å². The molecular weight excluding hydrogens is 260 g/mol. The van der Waals surface area contributed by atoms with E-state index in [0.29, 0.717) is 0 Å². The summed E-state index contributed by atoms with van der Waals surface area (Å²) < 4.78 is 5.69. The Morgan fingerprint density at radius 2 is 1.48 bits per heavy atom. The van der Waals surface area contributed by atoms with Gasteiger partial charge >= 0.3 is 0 Å². The van der Waals surface area contributed by atoms with Crippen LogP contribution < -0.4 is 4.74 Å². The van der Waals surface area contributed by atoms with Gasteiger partial charge in [-0.2, -0.15) is 0 Å². The van der Waals surface area contributed by atoms with Crippen LogP contribution in [0.25, 0.3) is 0 Å². The average Bonchev–Trinajstić information content (AvgIpc) is 2.42. The third-order valence-electron chi connectivity index (χ3n) is 3.79. The third kappa shape index (κ3) is 5.68. The summed E-state index contributed by atoms with van der Waals surface area (Å²) in [7, 11) is 0. The van der Waals surface area contributed by atoms with Crippen molar-refractivity contribution in [3.05, 3.63) is 29.8 Å². The molecule has 0 atom stereocenters. The highest BCUT2D eigenvalue weighted by Gasteiger charge is 2.17. The number of nitrogens with zero attached hydrogens (tertiary/aromatic N) is 2. The van der Waals surface area contributed by atoms with E-state index in [-0.39, 0.29) is 6.10 Å². The van der Waals surface area contributed by atoms with Crippen LogP contribution in [0.5, 0.6) is 5.75 Å². The predicted molar refractivity (Wildman–Crippen MR) is 88.8 cm³/mol. The number of rotatable bonds is 6. The molecule has 1 saturated heterocycles. The lowest BCUT2D eigenvalue weighted by atomic mass is 10.1. The van der Waals surface area contributed by atoms with Crippen molar-refractivity contribution in [3.63, 3.8) is 0 Å². The summed E-state index contributed by atoms with van der Waals surface area (Å²) in [5.74, 6) is 1.74. The SMILES string of the molecule is CC(C)CN1CCN(Cc2ccc(OC(C)C)cc2)CC1. The first-order chi connectivity index (χ1) is 10.0. The molecule has 1 fully saturated rings. The Kier molecular flexibility index (Phi) is 6.07. The van der Waals surface area contributed by atoms with Gasteiger partial charge in [-0.3, -0.25) is 4.90 Å². The minimum atomic E-state index is 0.241. The van der Waals surface area contributed by atoms with Gasteiger partial charge in [0.2, 0.25) is 0 Å². The van der Waals surface area contributed by atoms with Crippen LogP contribution in [0.2, 0.25) is 0 Å². The summed E-state index contributed by atoms with van der Waals surface area (Å²) in [6.07, 6.45) is 0.241. The van der Waals surface area contributed by atoms with Gasteiger partial charge in [-0.15, -0.1) is 0 Å². The second-order valence-corrected chi connectivity index (χ2v) is 6.78. The normalized spacial score (nSPS) is 17.6. The first kappa shape index (κ1) is 16.3. The van der Waals surface area contributed by atoms with Crippen molar-refractivity contribution in [2.45, 2.75) is 40.3 Å². The first-order valence-electron chi connectivity index (χ1n) is 8.23. The fraction of sp³-hybridized carbons (Fsp3) is 0.667. The Morgan fingerprint density at radius 3 is 2.00 bits per heavy atom. The zero-order valence-electron chi connectivity index (χ0n) is 14.0. The molecule has 1 heterocycles. The molecular formula is C18H30N2O. The highest BCUT2D eigenvalue weighted by atomic mass is 16.5. The Balaban J connectivity index is 1.78. The van der Waals surface area contributed by atoms with Crippen LogP contribution in [-0.2, 0) is 6.54 Å². The molecule has 118 valence electrons. The maximum Gasteiger partial charge on any atom is 0.119 e. The fourth-order valence-electron chi connectivity index (χ4n) is 2.85. The first-order valence-corrected chi connectivity index (χ1v) is 8.23. The Bertz CT molecular complexity index is 406. The quantitative estimate of drug-likeness (QED) is 0.800. The molecule has 0 radical (unpaired) electrons. The van der Waals surface area contributed by atoms with Crippen LogP contribution in [0, 0.1) is 5.92 Å². The molecule has 1 aliphatic heterocycles. The lowest BCUT2D eigenvalue weighted by molar-refractivity contribution is 0.117. The van der Waals surface area contributed by atoms with Gasteiger partial charge in [0.05, 0.1) is 6.10 Å². The second-order valence-electron chi connectivity index (χ2n) is 6.78. The van der Waals surface area contributed by atoms with Gasteiger partial charge in [-0.25, -0.2) is 0 Å². The minimum absolute atomic E-state index is 0.241. The van der Waals surface area contributed by atoms with Crippen molar-refractivity contribution in [1.82, 2.24) is 9.80 Å². The average molecular weight is 290 g/mol. The van der Waals surface area contributed by atoms with Crippen LogP contribution in [0.3, 0.4) is 0 Å². The van der Waals surface area contributed by atoms with Gasteiger partial charge in [-0.1, -0.05) is 26.0 Å². The summed E-state index contributed by atoms with van der Waals surface area (Å²) in [6, 6.07) is 8.56. The molecule has 0 saturated carbocycles. The van der Waals surface area contributed by atoms with E-state index >= 15 is 0 Å². The van der Waals surface area contributed by atoms with Gasteiger partial charge in [0.15, 0.2) is 0 Å². The van der Waals surface area contributed by atoms with Gasteiger partial charge in [0.25, 0.3) is 0 Å². The molecule has 0 aliphatic carbocycles. The van der Waals surface area contributed by atoms with E-state index < -0.39 is 0 Å². The highest BCUT2D eigenvalue weighted by molar-refractivity contribution is 5.27. The molecule has 0 unspecified atom stereocenters. The van der Waals surface area contributed by atoms with Crippen LogP contribution in [0.15, 0.2) is 24.3 Å². The Hall–Kier alpha value is -1.06. The Morgan fingerprint density at radius 1 is 0.905 bits per heavy atom. The molecule has 1 aromatic carbocycles. The Labute approximate surface area is 129 Å². The van der Waals surface area contributed by atoms with Crippen LogP contribution in [0.1, 0.15) is 33.3 Å². The number of piperazine rings is 1. The molecule has 1 aromatic rings. The largest absolute Gasteiger partial charge is 0.491 e. The van der Waals surface area contributed by atoms with Crippen molar-refractivity contribution >= 4 is 0 Å². The van der Waals surface area contributed by atoms with Crippen molar-refractivity contribution in [3.8, 4) is 5.75 Å². The standard InChI is InChI=1S/C18H30N2O/c1-15(2)13-19-9-11-20(12-10-19)14-17-5-7-18(8-6-17)21-16(3)4/h5-8,15-16H,9-14H2,1-4H3. The predicted octanol–water partition coefficient (Wildman–Crippen LogP) is 3.25. The van der Waals surface area contributed by atoms with Crippen LogP contribution in [0.4, 0.5) is 0 Å². The number of ether oxygens (including phenoxy) is 1. The molecule has 21 heavy (non-hydrogen) atoms. The van der Waals surface area contributed by atoms with Crippen molar-refractivity contribution in [2.75, 3.05) is 32.7 Å². The molecule has 2 rings (SSSR count). The van der Waals surface area contributed by atoms with Gasteiger partial charge < -0.3 is 9.64 Å². The van der Waals surface area contributed by atoms with Crippen LogP contribution >= 0.6 is 0 Å². The van der Waals surface area contributed by atoms with Crippen molar-refractivity contribution < 1.29 is 4.74 Å². The summed E-state index contributed by atoms with van der Waals surface area (Å²) in [6.45, 7) is 15.8. The van der Waals surface area contributed by atoms with E-state index in [1.165, 1.54) is 38.3 Å². The summed E-state index contributed by atoms with van der Waals surface area (Å²) in [5.41, 5.74) is 1.38. The zero-order valence-corrected chi connectivity index (χ0v) is 14.0. The summed E-state index contributed by atoms with van der Waals surface area (Å²) in [5, 5.41) is 0. The smallest absolute Gasteiger partial charge is 0.119 e. The zero-order chi connectivity index (χ0) is 15.2. The molecule has 0 amide bonds. The van der Waals surface area contributed by atoms with Gasteiger partial charge in [0, 0.05) is 39.3 Å². The highest BCUT2D eigenvalue weighted by Crippen LogP contribution is 2.16. The fourth-order valence-corrected chi connectivity index (χ4v) is 2.85. The molecule has 0 bridgehead atoms. The molecule has 0 aromatic heterocycles. The molecule has 0 spiro atoms. The molecule has 3 heteroatoms. The topological polar surface area (TPSA) is 15.7 Å². The monoisotopic (exact) mass is 290 g/mol. The van der Waals surface area contributed by atoms with E-state index in [9.17, 15) is 0 Å². The van der Waals surface area contributed by atoms with E-state index in [0.717, 1.165) is 18.2 Å². The molecule has 1 aliphatic rings. The second kappa shape index (κ2) is 7.81. The van der Waals surface area contributed by atoms with E-state index in [1.807, 2.05) is 0 Å². The number of hydrogen-bond acceptors (Lipinski definition) is 3. The third-order valence-corrected chi connectivity index (χ3v) is 3.79. The summed E-state index contributed by atoms with van der Waals surface area (Å²) >= 11 is 0. The van der Waals surface area contributed by atoms with E-state index in [4.69, 9.17) is 4.74 Å². The number of benzene rings is 1. The molecule has 0 N–H and O–H groups in total. The lowest BCUT2D eigenvalue weighted by Gasteiger charge is -2.35. The van der Waals surface area contributed by atoms with Crippen LogP contribution in [-0.4, -0.2) is 48.6 Å². The summed E-state index contributed by atoms with van der Waals surface area (Å²) in [4.78, 5) is 5.13. The van der Waals surface area contributed by atoms with E-state index in [2.05, 4.69) is 61.8 Å². The van der Waals surface area contributed by atoms with Gasteiger partial charge in [-0.05, 0) is 37.5 Å². The maximum absolute atomic E-state index is 5.69.